The van der Waals surface area contributed by atoms with E-state index < -0.39 is 0 Å². The van der Waals surface area contributed by atoms with Gasteiger partial charge >= 0.3 is 0 Å². The van der Waals surface area contributed by atoms with Crippen LogP contribution >= 0.6 is 15.9 Å². The third kappa shape index (κ3) is 3.95. The van der Waals surface area contributed by atoms with Crippen LogP contribution in [0.1, 0.15) is 16.7 Å². The lowest BCUT2D eigenvalue weighted by Crippen LogP contribution is -2.12. The van der Waals surface area contributed by atoms with Crippen LogP contribution in [-0.4, -0.2) is 0 Å². The Bertz CT molecular complexity index is 494. The minimum atomic E-state index is 0.598. The molecule has 0 radical (unpaired) electrons. The molecule has 94 valence electrons. The lowest BCUT2D eigenvalue weighted by molar-refractivity contribution is 0.692. The molecule has 0 fully saturated rings. The maximum absolute atomic E-state index is 5.63. The fraction of sp³-hybridized carbons (Fsp3) is 0.200. The molecule has 2 aromatic carbocycles. The maximum Gasteiger partial charge on any atom is 0.0208 e. The van der Waals surface area contributed by atoms with Gasteiger partial charge in [0.25, 0.3) is 0 Å². The van der Waals surface area contributed by atoms with E-state index in [1.807, 2.05) is 0 Å². The fourth-order valence-electron chi connectivity index (χ4n) is 1.82. The molecular formula is C15H17BrN2. The second-order valence-electron chi connectivity index (χ2n) is 4.25. The van der Waals surface area contributed by atoms with Crippen molar-refractivity contribution >= 4 is 15.9 Å². The molecule has 0 aliphatic rings. The summed E-state index contributed by atoms with van der Waals surface area (Å²) in [6, 6.07) is 16.7. The van der Waals surface area contributed by atoms with Crippen LogP contribution in [0.15, 0.2) is 53.0 Å². The summed E-state index contributed by atoms with van der Waals surface area (Å²) in [5.41, 5.74) is 9.36. The van der Waals surface area contributed by atoms with E-state index in [9.17, 15) is 0 Å². The highest BCUT2D eigenvalue weighted by Gasteiger charge is 1.96. The minimum absolute atomic E-state index is 0.598. The molecule has 0 saturated heterocycles. The zero-order valence-corrected chi connectivity index (χ0v) is 11.8. The van der Waals surface area contributed by atoms with Gasteiger partial charge in [-0.2, -0.15) is 0 Å². The number of hydrogen-bond acceptors (Lipinski definition) is 2. The van der Waals surface area contributed by atoms with E-state index in [4.69, 9.17) is 5.73 Å². The lowest BCUT2D eigenvalue weighted by atomic mass is 10.1. The number of halogens is 1. The Morgan fingerprint density at radius 1 is 0.889 bits per heavy atom. The topological polar surface area (TPSA) is 38.0 Å². The summed E-state index contributed by atoms with van der Waals surface area (Å²) in [4.78, 5) is 0. The molecule has 3 heteroatoms. The second kappa shape index (κ2) is 6.69. The van der Waals surface area contributed by atoms with E-state index >= 15 is 0 Å². The Labute approximate surface area is 116 Å². The van der Waals surface area contributed by atoms with Gasteiger partial charge in [-0.15, -0.1) is 0 Å². The van der Waals surface area contributed by atoms with Gasteiger partial charge in [-0.25, -0.2) is 0 Å². The summed E-state index contributed by atoms with van der Waals surface area (Å²) in [5, 5.41) is 3.43. The van der Waals surface area contributed by atoms with E-state index in [1.54, 1.807) is 0 Å². The van der Waals surface area contributed by atoms with Gasteiger partial charge in [0.05, 0.1) is 0 Å². The van der Waals surface area contributed by atoms with Crippen LogP contribution in [0, 0.1) is 0 Å². The van der Waals surface area contributed by atoms with E-state index in [1.165, 1.54) is 16.7 Å². The van der Waals surface area contributed by atoms with E-state index in [0.717, 1.165) is 17.6 Å². The second-order valence-corrected chi connectivity index (χ2v) is 5.17. The molecule has 0 saturated carbocycles. The van der Waals surface area contributed by atoms with Crippen molar-refractivity contribution in [2.45, 2.75) is 19.6 Å². The van der Waals surface area contributed by atoms with Gasteiger partial charge in [0.2, 0.25) is 0 Å². The number of nitrogens with one attached hydrogen (secondary N) is 1. The first-order valence-electron chi connectivity index (χ1n) is 6.01. The van der Waals surface area contributed by atoms with Crippen LogP contribution < -0.4 is 11.1 Å². The predicted octanol–water partition coefficient (Wildman–Crippen LogP) is 3.20. The van der Waals surface area contributed by atoms with E-state index in [2.05, 4.69) is 69.8 Å². The molecule has 0 aliphatic heterocycles. The quantitative estimate of drug-likeness (QED) is 0.890. The first-order valence-corrected chi connectivity index (χ1v) is 6.80. The highest BCUT2D eigenvalue weighted by atomic mass is 79.9. The van der Waals surface area contributed by atoms with Gasteiger partial charge in [-0.05, 0) is 28.8 Å². The van der Waals surface area contributed by atoms with Crippen molar-refractivity contribution < 1.29 is 0 Å². The van der Waals surface area contributed by atoms with Gasteiger partial charge in [-0.1, -0.05) is 52.3 Å². The molecule has 0 aromatic heterocycles. The number of benzene rings is 2. The van der Waals surface area contributed by atoms with Crippen molar-refractivity contribution in [3.8, 4) is 0 Å². The summed E-state index contributed by atoms with van der Waals surface area (Å²) in [5.74, 6) is 0. The van der Waals surface area contributed by atoms with Crippen molar-refractivity contribution in [1.82, 2.24) is 5.32 Å². The average Bonchev–Trinajstić information content (AvgIpc) is 2.41. The summed E-state index contributed by atoms with van der Waals surface area (Å²) < 4.78 is 1.11. The molecule has 3 N–H and O–H groups in total. The van der Waals surface area contributed by atoms with Crippen LogP contribution in [0.4, 0.5) is 0 Å². The van der Waals surface area contributed by atoms with Gasteiger partial charge < -0.3 is 11.1 Å². The summed E-state index contributed by atoms with van der Waals surface area (Å²) in [6.45, 7) is 2.34. The number of hydrogen-bond donors (Lipinski definition) is 2. The Morgan fingerprint density at radius 3 is 2.28 bits per heavy atom. The first-order chi connectivity index (χ1) is 8.78. The highest BCUT2D eigenvalue weighted by molar-refractivity contribution is 9.10. The third-order valence-electron chi connectivity index (χ3n) is 2.80. The number of nitrogens with two attached hydrogens (primary N) is 1. The van der Waals surface area contributed by atoms with Gasteiger partial charge in [-0.3, -0.25) is 0 Å². The fourth-order valence-corrected chi connectivity index (χ4v) is 2.08. The molecule has 0 spiro atoms. The lowest BCUT2D eigenvalue weighted by Gasteiger charge is -2.06. The molecular weight excluding hydrogens is 288 g/mol. The Morgan fingerprint density at radius 2 is 1.56 bits per heavy atom. The first kappa shape index (κ1) is 13.3. The van der Waals surface area contributed by atoms with E-state index in [-0.39, 0.29) is 0 Å². The van der Waals surface area contributed by atoms with Crippen molar-refractivity contribution in [3.63, 3.8) is 0 Å². The van der Waals surface area contributed by atoms with Crippen LogP contribution in [0.25, 0.3) is 0 Å². The Hall–Kier alpha value is -1.16. The van der Waals surface area contributed by atoms with Gasteiger partial charge in [0.15, 0.2) is 0 Å². The largest absolute Gasteiger partial charge is 0.326 e. The van der Waals surface area contributed by atoms with Crippen LogP contribution in [0.3, 0.4) is 0 Å². The number of rotatable bonds is 5. The minimum Gasteiger partial charge on any atom is -0.326 e. The normalized spacial score (nSPS) is 10.6. The molecule has 0 unspecified atom stereocenters. The average molecular weight is 305 g/mol. The molecule has 2 rings (SSSR count). The van der Waals surface area contributed by atoms with Gasteiger partial charge in [0.1, 0.15) is 0 Å². The maximum atomic E-state index is 5.63. The predicted molar refractivity (Wildman–Crippen MR) is 79.0 cm³/mol. The molecule has 0 atom stereocenters. The Kier molecular flexibility index (Phi) is 4.93. The SMILES string of the molecule is NCc1cccc(CNCc2ccc(Br)cc2)c1. The smallest absolute Gasteiger partial charge is 0.0208 e. The van der Waals surface area contributed by atoms with Crippen molar-refractivity contribution in [1.29, 1.82) is 0 Å². The Balaban J connectivity index is 1.86. The zero-order chi connectivity index (χ0) is 12.8. The molecule has 0 bridgehead atoms. The molecule has 2 aromatic rings. The summed E-state index contributed by atoms with van der Waals surface area (Å²) in [6.07, 6.45) is 0. The van der Waals surface area contributed by atoms with Crippen LogP contribution in [0.2, 0.25) is 0 Å². The van der Waals surface area contributed by atoms with Crippen LogP contribution in [-0.2, 0) is 19.6 Å². The molecule has 2 nitrogen and oxygen atoms in total. The summed E-state index contributed by atoms with van der Waals surface area (Å²) in [7, 11) is 0. The molecule has 0 heterocycles. The summed E-state index contributed by atoms with van der Waals surface area (Å²) >= 11 is 3.43. The van der Waals surface area contributed by atoms with Crippen LogP contribution in [0.5, 0.6) is 0 Å². The standard InChI is InChI=1S/C15H17BrN2/c16-15-6-4-12(5-7-15)10-18-11-14-3-1-2-13(8-14)9-17/h1-8,18H,9-11,17H2. The molecule has 0 aliphatic carbocycles. The van der Waals surface area contributed by atoms with Crippen molar-refractivity contribution in [2.24, 2.45) is 5.73 Å². The van der Waals surface area contributed by atoms with E-state index in [0.29, 0.717) is 6.54 Å². The molecule has 18 heavy (non-hydrogen) atoms. The third-order valence-corrected chi connectivity index (χ3v) is 3.33. The van der Waals surface area contributed by atoms with Gasteiger partial charge in [0, 0.05) is 24.1 Å². The zero-order valence-electron chi connectivity index (χ0n) is 10.2. The monoisotopic (exact) mass is 304 g/mol. The van der Waals surface area contributed by atoms with Crippen molar-refractivity contribution in [2.75, 3.05) is 0 Å². The molecule has 0 amide bonds. The van der Waals surface area contributed by atoms with Crippen molar-refractivity contribution in [3.05, 3.63) is 69.7 Å². The highest BCUT2D eigenvalue weighted by Crippen LogP contribution is 2.10.